The first-order valence-electron chi connectivity index (χ1n) is 12.0. The minimum atomic E-state index is -4.91. The number of pyridine rings is 1. The Bertz CT molecular complexity index is 1650. The van der Waals surface area contributed by atoms with Gasteiger partial charge in [-0.2, -0.15) is 5.26 Å². The first kappa shape index (κ1) is 26.1. The molecule has 1 N–H and O–H groups in total. The normalized spacial score (nSPS) is 14.6. The maximum Gasteiger partial charge on any atom is 0.573 e. The van der Waals surface area contributed by atoms with E-state index in [1.807, 2.05) is 36.4 Å². The lowest BCUT2D eigenvalue weighted by atomic mass is 9.73. The van der Waals surface area contributed by atoms with Crippen molar-refractivity contribution in [1.82, 2.24) is 9.97 Å². The van der Waals surface area contributed by atoms with Gasteiger partial charge in [0.05, 0.1) is 33.2 Å². The fourth-order valence-corrected chi connectivity index (χ4v) is 5.23. The Morgan fingerprint density at radius 1 is 1.10 bits per heavy atom. The number of aromatic nitrogens is 2. The number of hydrogen-bond donors (Lipinski definition) is 1. The maximum absolute atomic E-state index is 12.8. The van der Waals surface area contributed by atoms with Crippen LogP contribution in [-0.4, -0.2) is 27.4 Å². The fraction of sp³-hybridized carbons (Fsp3) is 0.172. The number of allylic oxidation sites excluding steroid dienone is 1. The molecule has 0 saturated heterocycles. The van der Waals surface area contributed by atoms with Gasteiger partial charge in [0, 0.05) is 12.1 Å². The van der Waals surface area contributed by atoms with Crippen molar-refractivity contribution in [3.8, 4) is 11.8 Å². The number of hydrogen-bond acceptors (Lipinski definition) is 6. The molecular formula is C29H20F3N3O3S. The van der Waals surface area contributed by atoms with Crippen LogP contribution in [0.1, 0.15) is 47.2 Å². The monoisotopic (exact) mass is 547 g/mol. The molecule has 1 aliphatic carbocycles. The van der Waals surface area contributed by atoms with Gasteiger partial charge in [-0.05, 0) is 64.8 Å². The van der Waals surface area contributed by atoms with Gasteiger partial charge in [0.15, 0.2) is 0 Å². The second-order valence-corrected chi connectivity index (χ2v) is 9.86. The van der Waals surface area contributed by atoms with Crippen molar-refractivity contribution in [1.29, 1.82) is 5.26 Å². The Labute approximate surface area is 225 Å². The number of nitrogens with zero attached hydrogens (tertiary/aromatic N) is 3. The number of aliphatic carboxylic acids is 1. The lowest BCUT2D eigenvalue weighted by molar-refractivity contribution is -0.274. The summed E-state index contributed by atoms with van der Waals surface area (Å²) in [4.78, 5) is 19.7. The Hall–Kier alpha value is -4.49. The molecular weight excluding hydrogens is 527 g/mol. The number of fused-ring (bicyclic) bond motifs is 1. The quantitative estimate of drug-likeness (QED) is 0.244. The van der Waals surface area contributed by atoms with Crippen LogP contribution in [0.15, 0.2) is 66.3 Å². The Morgan fingerprint density at radius 3 is 2.49 bits per heavy atom. The van der Waals surface area contributed by atoms with Gasteiger partial charge >= 0.3 is 12.3 Å². The largest absolute Gasteiger partial charge is 0.573 e. The number of thiazole rings is 1. The molecule has 1 fully saturated rings. The molecule has 4 aromatic rings. The highest BCUT2D eigenvalue weighted by Gasteiger charge is 2.33. The molecule has 2 heterocycles. The van der Waals surface area contributed by atoms with Gasteiger partial charge in [-0.15, -0.1) is 24.5 Å². The molecule has 0 bridgehead atoms. The van der Waals surface area contributed by atoms with Crippen LogP contribution < -0.4 is 4.74 Å². The molecule has 196 valence electrons. The predicted octanol–water partition coefficient (Wildman–Crippen LogP) is 7.32. The SMILES string of the molecule is N#Cc1cc(OC(F)(F)F)cnc1/C(=C(\c1ccc(/C=C/C(=O)O)cc1)c1ccc2scnc2c1)C1CCC1. The number of halogens is 3. The molecule has 5 rings (SSSR count). The first-order chi connectivity index (χ1) is 18.7. The number of carbonyl (C=O) groups is 1. The number of nitriles is 1. The first-order valence-corrected chi connectivity index (χ1v) is 12.9. The van der Waals surface area contributed by atoms with Crippen LogP contribution in [0.25, 0.3) is 27.4 Å². The highest BCUT2D eigenvalue weighted by atomic mass is 32.1. The molecule has 1 aliphatic rings. The van der Waals surface area contributed by atoms with E-state index in [9.17, 15) is 23.2 Å². The van der Waals surface area contributed by atoms with Gasteiger partial charge in [-0.3, -0.25) is 4.98 Å². The average Bonchev–Trinajstić information content (AvgIpc) is 3.34. The van der Waals surface area contributed by atoms with Crippen molar-refractivity contribution in [2.24, 2.45) is 5.92 Å². The van der Waals surface area contributed by atoms with Crippen molar-refractivity contribution < 1.29 is 27.8 Å². The van der Waals surface area contributed by atoms with Crippen molar-refractivity contribution in [3.63, 3.8) is 0 Å². The molecule has 39 heavy (non-hydrogen) atoms. The summed E-state index contributed by atoms with van der Waals surface area (Å²) in [6.45, 7) is 0. The van der Waals surface area contributed by atoms with E-state index in [1.165, 1.54) is 17.4 Å². The van der Waals surface area contributed by atoms with Gasteiger partial charge in [0.1, 0.15) is 11.8 Å². The van der Waals surface area contributed by atoms with Gasteiger partial charge in [-0.25, -0.2) is 9.78 Å². The molecule has 0 atom stereocenters. The van der Waals surface area contributed by atoms with E-state index in [2.05, 4.69) is 14.7 Å². The third kappa shape index (κ3) is 5.84. The molecule has 0 radical (unpaired) electrons. The Balaban J connectivity index is 1.74. The van der Waals surface area contributed by atoms with Crippen LogP contribution in [0.5, 0.6) is 5.75 Å². The fourth-order valence-electron chi connectivity index (χ4n) is 4.57. The van der Waals surface area contributed by atoms with Crippen molar-refractivity contribution in [2.45, 2.75) is 25.6 Å². The van der Waals surface area contributed by atoms with E-state index in [0.717, 1.165) is 70.1 Å². The highest BCUT2D eigenvalue weighted by molar-refractivity contribution is 7.16. The van der Waals surface area contributed by atoms with Crippen molar-refractivity contribution in [2.75, 3.05) is 0 Å². The standard InChI is InChI=1S/C29H20F3N3O3S/c30-29(31,32)38-22-12-21(14-33)28(34-15-22)27(18-2-1-3-18)26(20-9-10-24-23(13-20)35-16-39-24)19-7-4-17(5-8-19)6-11-25(36)37/h4-13,15-16,18H,1-3H2,(H,36,37)/b11-6+,27-26+. The van der Waals surface area contributed by atoms with E-state index in [-0.39, 0.29) is 11.5 Å². The second kappa shape index (κ2) is 10.7. The third-order valence-corrected chi connectivity index (χ3v) is 7.30. The van der Waals surface area contributed by atoms with E-state index in [4.69, 9.17) is 5.11 Å². The topological polar surface area (TPSA) is 96.1 Å². The van der Waals surface area contributed by atoms with Crippen LogP contribution in [0.3, 0.4) is 0 Å². The predicted molar refractivity (Wildman–Crippen MR) is 142 cm³/mol. The second-order valence-electron chi connectivity index (χ2n) is 8.97. The van der Waals surface area contributed by atoms with E-state index in [1.54, 1.807) is 17.6 Å². The summed E-state index contributed by atoms with van der Waals surface area (Å²) in [6, 6.07) is 16.2. The van der Waals surface area contributed by atoms with Crippen LogP contribution >= 0.6 is 11.3 Å². The van der Waals surface area contributed by atoms with E-state index >= 15 is 0 Å². The molecule has 1 saturated carbocycles. The molecule has 0 spiro atoms. The zero-order valence-electron chi connectivity index (χ0n) is 20.3. The molecule has 0 unspecified atom stereocenters. The summed E-state index contributed by atoms with van der Waals surface area (Å²) in [5.74, 6) is -1.58. The van der Waals surface area contributed by atoms with Crippen LogP contribution in [0, 0.1) is 17.2 Å². The summed E-state index contributed by atoms with van der Waals surface area (Å²) in [5, 5.41) is 18.9. The van der Waals surface area contributed by atoms with E-state index in [0.29, 0.717) is 11.3 Å². The van der Waals surface area contributed by atoms with Crippen LogP contribution in [0.2, 0.25) is 0 Å². The summed E-state index contributed by atoms with van der Waals surface area (Å²) < 4.78 is 43.6. The molecule has 0 amide bonds. The number of alkyl halides is 3. The summed E-state index contributed by atoms with van der Waals surface area (Å²) >= 11 is 1.51. The number of ether oxygens (including phenoxy) is 1. The number of carboxylic acids is 1. The number of carboxylic acid groups (broad SMARTS) is 1. The lowest BCUT2D eigenvalue weighted by Gasteiger charge is -2.31. The van der Waals surface area contributed by atoms with Gasteiger partial charge in [-0.1, -0.05) is 36.8 Å². The smallest absolute Gasteiger partial charge is 0.478 e. The van der Waals surface area contributed by atoms with Gasteiger partial charge in [0.25, 0.3) is 0 Å². The van der Waals surface area contributed by atoms with Crippen LogP contribution in [-0.2, 0) is 4.79 Å². The maximum atomic E-state index is 12.8. The van der Waals surface area contributed by atoms with Crippen molar-refractivity contribution >= 4 is 44.7 Å². The van der Waals surface area contributed by atoms with E-state index < -0.39 is 18.1 Å². The molecule has 2 aromatic heterocycles. The molecule has 0 aliphatic heterocycles. The Kier molecular flexibility index (Phi) is 7.17. The number of rotatable bonds is 7. The highest BCUT2D eigenvalue weighted by Crippen LogP contribution is 2.46. The number of benzene rings is 2. The summed E-state index contributed by atoms with van der Waals surface area (Å²) in [6.07, 6.45) is 1.27. The van der Waals surface area contributed by atoms with Crippen molar-refractivity contribution in [3.05, 3.63) is 94.3 Å². The Morgan fingerprint density at radius 2 is 1.85 bits per heavy atom. The minimum Gasteiger partial charge on any atom is -0.478 e. The molecule has 2 aromatic carbocycles. The van der Waals surface area contributed by atoms with Gasteiger partial charge in [0.2, 0.25) is 0 Å². The van der Waals surface area contributed by atoms with Crippen LogP contribution in [0.4, 0.5) is 13.2 Å². The zero-order chi connectivity index (χ0) is 27.6. The zero-order valence-corrected chi connectivity index (χ0v) is 21.1. The van der Waals surface area contributed by atoms with Gasteiger partial charge < -0.3 is 9.84 Å². The summed E-state index contributed by atoms with van der Waals surface area (Å²) in [7, 11) is 0. The lowest BCUT2D eigenvalue weighted by Crippen LogP contribution is -2.19. The minimum absolute atomic E-state index is 0.0214. The molecule has 6 nitrogen and oxygen atoms in total. The summed E-state index contributed by atoms with van der Waals surface area (Å²) in [5.41, 5.74) is 6.69. The average molecular weight is 548 g/mol. The molecule has 10 heteroatoms. The third-order valence-electron chi connectivity index (χ3n) is 6.49.